The van der Waals surface area contributed by atoms with E-state index >= 15 is 0 Å². The maximum atomic E-state index is 13.1. The van der Waals surface area contributed by atoms with E-state index in [-0.39, 0.29) is 11.1 Å². The summed E-state index contributed by atoms with van der Waals surface area (Å²) in [4.78, 5) is 0. The van der Waals surface area contributed by atoms with E-state index in [0.717, 1.165) is 12.3 Å². The van der Waals surface area contributed by atoms with Crippen molar-refractivity contribution < 1.29 is 8.78 Å². The zero-order chi connectivity index (χ0) is 12.1. The lowest BCUT2D eigenvalue weighted by molar-refractivity contribution is 0.504. The summed E-state index contributed by atoms with van der Waals surface area (Å²) in [6.07, 6.45) is 1.14. The van der Waals surface area contributed by atoms with E-state index in [2.05, 4.69) is 5.32 Å². The molecular formula is C11H7F2N3. The molecule has 1 aromatic rings. The first-order chi connectivity index (χ1) is 7.60. The molecule has 0 bridgehead atoms. The quantitative estimate of drug-likeness (QED) is 0.778. The minimum Gasteiger partial charge on any atom is -0.360 e. The van der Waals surface area contributed by atoms with Gasteiger partial charge in [-0.15, -0.1) is 0 Å². The lowest BCUT2D eigenvalue weighted by Gasteiger charge is -2.06. The number of nitriles is 2. The van der Waals surface area contributed by atoms with Crippen LogP contribution in [0, 0.1) is 41.2 Å². The van der Waals surface area contributed by atoms with Crippen molar-refractivity contribution in [1.82, 2.24) is 0 Å². The minimum atomic E-state index is -0.950. The van der Waals surface area contributed by atoms with Gasteiger partial charge in [0.15, 0.2) is 11.6 Å². The predicted molar refractivity (Wildman–Crippen MR) is 54.0 cm³/mol. The van der Waals surface area contributed by atoms with Crippen LogP contribution < -0.4 is 5.32 Å². The molecule has 0 spiro atoms. The zero-order valence-electron chi connectivity index (χ0n) is 8.38. The highest BCUT2D eigenvalue weighted by atomic mass is 19.2. The Hall–Kier alpha value is -2.40. The highest BCUT2D eigenvalue weighted by molar-refractivity contribution is 5.55. The van der Waals surface area contributed by atoms with Crippen molar-refractivity contribution in [3.63, 3.8) is 0 Å². The Morgan fingerprint density at radius 1 is 1.31 bits per heavy atom. The topological polar surface area (TPSA) is 59.6 Å². The van der Waals surface area contributed by atoms with Crippen molar-refractivity contribution in [2.24, 2.45) is 0 Å². The number of rotatable bonds is 2. The van der Waals surface area contributed by atoms with Crippen LogP contribution in [-0.4, -0.2) is 0 Å². The van der Waals surface area contributed by atoms with Gasteiger partial charge in [-0.3, -0.25) is 0 Å². The summed E-state index contributed by atoms with van der Waals surface area (Å²) >= 11 is 0. The summed E-state index contributed by atoms with van der Waals surface area (Å²) in [5.74, 6) is -1.89. The van der Waals surface area contributed by atoms with Crippen LogP contribution in [0.1, 0.15) is 5.56 Å². The number of hydrogen-bond acceptors (Lipinski definition) is 3. The van der Waals surface area contributed by atoms with Crippen molar-refractivity contribution >= 4 is 5.69 Å². The second kappa shape index (κ2) is 4.90. The molecule has 1 aromatic carbocycles. The van der Waals surface area contributed by atoms with E-state index in [9.17, 15) is 8.78 Å². The minimum absolute atomic E-state index is 0.0893. The van der Waals surface area contributed by atoms with Gasteiger partial charge in [-0.2, -0.15) is 10.5 Å². The van der Waals surface area contributed by atoms with Crippen molar-refractivity contribution in [1.29, 1.82) is 10.5 Å². The van der Waals surface area contributed by atoms with Gasteiger partial charge in [-0.1, -0.05) is 0 Å². The molecule has 0 aliphatic rings. The molecular weight excluding hydrogens is 212 g/mol. The molecule has 3 nitrogen and oxygen atoms in total. The molecule has 0 unspecified atom stereocenters. The third-order valence-electron chi connectivity index (χ3n) is 1.95. The van der Waals surface area contributed by atoms with Crippen LogP contribution in [0.25, 0.3) is 0 Å². The van der Waals surface area contributed by atoms with Gasteiger partial charge in [0.1, 0.15) is 17.7 Å². The molecule has 0 radical (unpaired) electrons. The summed E-state index contributed by atoms with van der Waals surface area (Å²) < 4.78 is 25.9. The fraction of sp³-hybridized carbons (Fsp3) is 0.0909. The molecule has 0 atom stereocenters. The number of anilines is 1. The summed E-state index contributed by atoms with van der Waals surface area (Å²) in [7, 11) is 0. The summed E-state index contributed by atoms with van der Waals surface area (Å²) in [6, 6.07) is 5.57. The second-order valence-corrected chi connectivity index (χ2v) is 2.96. The first-order valence-corrected chi connectivity index (χ1v) is 4.31. The first-order valence-electron chi connectivity index (χ1n) is 4.31. The molecule has 1 rings (SSSR count). The van der Waals surface area contributed by atoms with Gasteiger partial charge in [0.25, 0.3) is 0 Å². The third kappa shape index (κ3) is 2.34. The number of hydrogen-bond donors (Lipinski definition) is 1. The fourth-order valence-electron chi connectivity index (χ4n) is 1.05. The Morgan fingerprint density at radius 2 is 1.94 bits per heavy atom. The average molecular weight is 219 g/mol. The Kier molecular flexibility index (Phi) is 3.58. The maximum Gasteiger partial charge on any atom is 0.163 e. The number of nitrogens with zero attached hydrogens (tertiary/aromatic N) is 2. The number of benzene rings is 1. The lowest BCUT2D eigenvalue weighted by Crippen LogP contribution is -1.97. The highest BCUT2D eigenvalue weighted by Gasteiger charge is 2.08. The maximum absolute atomic E-state index is 13.1. The van der Waals surface area contributed by atoms with Crippen molar-refractivity contribution in [2.45, 2.75) is 6.92 Å². The molecule has 16 heavy (non-hydrogen) atoms. The Morgan fingerprint density at radius 3 is 2.50 bits per heavy atom. The van der Waals surface area contributed by atoms with Gasteiger partial charge in [0, 0.05) is 17.5 Å². The van der Waals surface area contributed by atoms with Crippen LogP contribution in [0.3, 0.4) is 0 Å². The molecule has 0 aliphatic carbocycles. The summed E-state index contributed by atoms with van der Waals surface area (Å²) in [6.45, 7) is 1.40. The van der Waals surface area contributed by atoms with E-state index in [1.54, 1.807) is 12.1 Å². The van der Waals surface area contributed by atoms with Crippen LogP contribution in [0.5, 0.6) is 0 Å². The summed E-state index contributed by atoms with van der Waals surface area (Å²) in [5, 5.41) is 19.5. The van der Waals surface area contributed by atoms with Gasteiger partial charge in [0.05, 0.1) is 0 Å². The Labute approximate surface area is 91.2 Å². The van der Waals surface area contributed by atoms with Crippen molar-refractivity contribution in [3.05, 3.63) is 41.1 Å². The molecule has 0 heterocycles. The first kappa shape index (κ1) is 11.7. The third-order valence-corrected chi connectivity index (χ3v) is 1.95. The second-order valence-electron chi connectivity index (χ2n) is 2.96. The molecule has 0 aliphatic heterocycles. The van der Waals surface area contributed by atoms with E-state index < -0.39 is 11.6 Å². The molecule has 0 fully saturated rings. The van der Waals surface area contributed by atoms with E-state index in [4.69, 9.17) is 10.5 Å². The van der Waals surface area contributed by atoms with E-state index in [1.807, 2.05) is 0 Å². The molecule has 1 N–H and O–H groups in total. The molecule has 0 saturated heterocycles. The van der Waals surface area contributed by atoms with Gasteiger partial charge < -0.3 is 5.32 Å². The molecule has 0 amide bonds. The van der Waals surface area contributed by atoms with Gasteiger partial charge in [0.2, 0.25) is 0 Å². The molecule has 80 valence electrons. The van der Waals surface area contributed by atoms with Crippen molar-refractivity contribution in [3.8, 4) is 12.1 Å². The predicted octanol–water partition coefficient (Wildman–Crippen LogP) is 2.62. The average Bonchev–Trinajstić information content (AvgIpc) is 2.30. The monoisotopic (exact) mass is 219 g/mol. The Balaban J connectivity index is 3.02. The van der Waals surface area contributed by atoms with Crippen LogP contribution in [-0.2, 0) is 0 Å². The highest BCUT2D eigenvalue weighted by Crippen LogP contribution is 2.20. The normalized spacial score (nSPS) is 8.81. The number of nitrogens with one attached hydrogen (secondary N) is 1. The zero-order valence-corrected chi connectivity index (χ0v) is 8.38. The molecule has 0 saturated carbocycles. The van der Waals surface area contributed by atoms with Gasteiger partial charge in [-0.05, 0) is 19.1 Å². The standard InChI is InChI=1S/C11H7F2N3/c1-7-10(3-2-9(12)11(7)13)16-6-8(4-14)5-15/h2-3,6,16H,1H3. The summed E-state index contributed by atoms with van der Waals surface area (Å²) in [5.41, 5.74) is 0.248. The van der Waals surface area contributed by atoms with Gasteiger partial charge in [-0.25, -0.2) is 8.78 Å². The molecule has 0 aromatic heterocycles. The SMILES string of the molecule is Cc1c(NC=C(C#N)C#N)ccc(F)c1F. The smallest absolute Gasteiger partial charge is 0.163 e. The van der Waals surface area contributed by atoms with Crippen LogP contribution in [0.15, 0.2) is 23.9 Å². The van der Waals surface area contributed by atoms with E-state index in [0.29, 0.717) is 5.69 Å². The van der Waals surface area contributed by atoms with Crippen LogP contribution in [0.2, 0.25) is 0 Å². The lowest BCUT2D eigenvalue weighted by atomic mass is 10.2. The van der Waals surface area contributed by atoms with Gasteiger partial charge >= 0.3 is 0 Å². The number of halogens is 2. The van der Waals surface area contributed by atoms with Crippen LogP contribution in [0.4, 0.5) is 14.5 Å². The Bertz CT molecular complexity index is 505. The fourth-order valence-corrected chi connectivity index (χ4v) is 1.05. The van der Waals surface area contributed by atoms with Crippen molar-refractivity contribution in [2.75, 3.05) is 5.32 Å². The van der Waals surface area contributed by atoms with Crippen LogP contribution >= 0.6 is 0 Å². The number of allylic oxidation sites excluding steroid dienone is 1. The molecule has 5 heteroatoms. The largest absolute Gasteiger partial charge is 0.360 e. The van der Waals surface area contributed by atoms with E-state index in [1.165, 1.54) is 13.0 Å².